The van der Waals surface area contributed by atoms with Crippen LogP contribution in [0.25, 0.3) is 71.6 Å². The second kappa shape index (κ2) is 13.4. The summed E-state index contributed by atoms with van der Waals surface area (Å²) in [4.78, 5) is 2.41. The van der Waals surface area contributed by atoms with Crippen LogP contribution in [0, 0.1) is 0 Å². The molecular formula is C52H36N2. The van der Waals surface area contributed by atoms with Gasteiger partial charge in [-0.25, -0.2) is 0 Å². The lowest BCUT2D eigenvalue weighted by Crippen LogP contribution is -2.10. The Hall–Kier alpha value is -7.16. The molecule has 0 fully saturated rings. The van der Waals surface area contributed by atoms with E-state index in [4.69, 9.17) is 0 Å². The minimum absolute atomic E-state index is 1.10. The summed E-state index contributed by atoms with van der Waals surface area (Å²) in [5.74, 6) is 0. The maximum Gasteiger partial charge on any atom is 0.0547 e. The second-order valence-electron chi connectivity index (χ2n) is 13.7. The van der Waals surface area contributed by atoms with Crippen molar-refractivity contribution in [2.75, 3.05) is 4.90 Å². The molecule has 2 heteroatoms. The first-order valence-electron chi connectivity index (χ1n) is 18.5. The quantitative estimate of drug-likeness (QED) is 0.162. The van der Waals surface area contributed by atoms with Crippen LogP contribution in [0.5, 0.6) is 0 Å². The molecule has 0 atom stereocenters. The van der Waals surface area contributed by atoms with Crippen LogP contribution in [0.15, 0.2) is 218 Å². The third-order valence-corrected chi connectivity index (χ3v) is 10.6. The van der Waals surface area contributed by atoms with Crippen molar-refractivity contribution in [2.45, 2.75) is 0 Å². The van der Waals surface area contributed by atoms with Gasteiger partial charge in [0.1, 0.15) is 0 Å². The van der Waals surface area contributed by atoms with Gasteiger partial charge in [0.2, 0.25) is 0 Å². The Balaban J connectivity index is 1.14. The molecule has 9 aromatic carbocycles. The van der Waals surface area contributed by atoms with Gasteiger partial charge in [-0.05, 0) is 93.4 Å². The van der Waals surface area contributed by atoms with Crippen LogP contribution in [-0.2, 0) is 0 Å². The van der Waals surface area contributed by atoms with E-state index in [1.165, 1.54) is 66.0 Å². The molecule has 0 aliphatic rings. The van der Waals surface area contributed by atoms with Crippen molar-refractivity contribution in [3.63, 3.8) is 0 Å². The summed E-state index contributed by atoms with van der Waals surface area (Å²) < 4.78 is 2.39. The largest absolute Gasteiger partial charge is 0.310 e. The predicted molar refractivity (Wildman–Crippen MR) is 229 cm³/mol. The van der Waals surface area contributed by atoms with Crippen molar-refractivity contribution in [1.29, 1.82) is 0 Å². The second-order valence-corrected chi connectivity index (χ2v) is 13.7. The number of rotatable bonds is 7. The van der Waals surface area contributed by atoms with E-state index in [9.17, 15) is 0 Å². The van der Waals surface area contributed by atoms with Gasteiger partial charge < -0.3 is 9.47 Å². The Morgan fingerprint density at radius 3 is 1.69 bits per heavy atom. The molecule has 0 N–H and O–H groups in total. The van der Waals surface area contributed by atoms with Crippen LogP contribution in [0.1, 0.15) is 0 Å². The van der Waals surface area contributed by atoms with Crippen molar-refractivity contribution in [1.82, 2.24) is 4.57 Å². The van der Waals surface area contributed by atoms with Crippen LogP contribution in [0.3, 0.4) is 0 Å². The zero-order valence-electron chi connectivity index (χ0n) is 29.7. The summed E-state index contributed by atoms with van der Waals surface area (Å²) in [6.45, 7) is 0. The van der Waals surface area contributed by atoms with E-state index < -0.39 is 0 Å². The number of benzene rings is 9. The van der Waals surface area contributed by atoms with Gasteiger partial charge in [0.05, 0.1) is 16.7 Å². The molecule has 1 heterocycles. The highest BCUT2D eigenvalue weighted by atomic mass is 15.1. The zero-order valence-corrected chi connectivity index (χ0v) is 29.7. The first-order valence-corrected chi connectivity index (χ1v) is 18.5. The van der Waals surface area contributed by atoms with Crippen molar-refractivity contribution in [3.8, 4) is 39.1 Å². The summed E-state index contributed by atoms with van der Waals surface area (Å²) in [6, 6.07) is 78.8. The summed E-state index contributed by atoms with van der Waals surface area (Å²) in [6.07, 6.45) is 0. The monoisotopic (exact) mass is 688 g/mol. The van der Waals surface area contributed by atoms with Gasteiger partial charge >= 0.3 is 0 Å². The van der Waals surface area contributed by atoms with Gasteiger partial charge in [-0.15, -0.1) is 0 Å². The first kappa shape index (κ1) is 31.6. The van der Waals surface area contributed by atoms with Crippen LogP contribution >= 0.6 is 0 Å². The molecule has 0 aliphatic heterocycles. The van der Waals surface area contributed by atoms with Gasteiger partial charge in [0, 0.05) is 33.2 Å². The molecule has 0 unspecified atom stereocenters. The molecule has 0 amide bonds. The first-order chi connectivity index (χ1) is 26.8. The van der Waals surface area contributed by atoms with E-state index in [0.29, 0.717) is 0 Å². The topological polar surface area (TPSA) is 8.17 Å². The molecular weight excluding hydrogens is 653 g/mol. The Bertz CT molecular complexity index is 2920. The van der Waals surface area contributed by atoms with E-state index in [1.54, 1.807) is 0 Å². The smallest absolute Gasteiger partial charge is 0.0547 e. The molecule has 10 aromatic rings. The van der Waals surface area contributed by atoms with Crippen LogP contribution < -0.4 is 4.90 Å². The average Bonchev–Trinajstić information content (AvgIpc) is 3.60. The van der Waals surface area contributed by atoms with E-state index in [-0.39, 0.29) is 0 Å². The Morgan fingerprint density at radius 2 is 0.889 bits per heavy atom. The average molecular weight is 689 g/mol. The minimum Gasteiger partial charge on any atom is -0.310 e. The molecule has 2 nitrogen and oxygen atoms in total. The summed E-state index contributed by atoms with van der Waals surface area (Å²) in [7, 11) is 0. The van der Waals surface area contributed by atoms with Crippen molar-refractivity contribution in [3.05, 3.63) is 218 Å². The number of nitrogens with zero attached hydrogens (tertiary/aromatic N) is 2. The van der Waals surface area contributed by atoms with Gasteiger partial charge in [0.15, 0.2) is 0 Å². The standard InChI is InChI=1S/C52H36N2/c1-3-16-37(17-4-1)44-24-9-10-25-45(44)39-32-34-42(35-33-39)53(49-30-14-19-38-18-7-8-26-46(38)49)43-23-13-20-40(36-43)47-28-15-31-51-52(47)48-27-11-12-29-50(48)54(51)41-21-5-2-6-22-41/h1-36H. The Labute approximate surface area is 315 Å². The fourth-order valence-corrected chi connectivity index (χ4v) is 8.15. The third-order valence-electron chi connectivity index (χ3n) is 10.6. The zero-order chi connectivity index (χ0) is 35.8. The fraction of sp³-hybridized carbons (Fsp3) is 0. The number of para-hydroxylation sites is 2. The van der Waals surface area contributed by atoms with Gasteiger partial charge in [-0.2, -0.15) is 0 Å². The van der Waals surface area contributed by atoms with Gasteiger partial charge in [-0.3, -0.25) is 0 Å². The van der Waals surface area contributed by atoms with Gasteiger partial charge in [-0.1, -0.05) is 164 Å². The number of fused-ring (bicyclic) bond motifs is 4. The van der Waals surface area contributed by atoms with E-state index >= 15 is 0 Å². The van der Waals surface area contributed by atoms with Crippen molar-refractivity contribution in [2.24, 2.45) is 0 Å². The Kier molecular flexibility index (Phi) is 7.85. The normalized spacial score (nSPS) is 11.3. The molecule has 254 valence electrons. The van der Waals surface area contributed by atoms with Crippen LogP contribution in [0.4, 0.5) is 17.1 Å². The SMILES string of the molecule is c1ccc(-c2ccccc2-c2ccc(N(c3cccc(-c4cccc5c4c4ccccc4n5-c4ccccc4)c3)c3cccc4ccccc34)cc2)cc1. The molecule has 0 spiro atoms. The minimum atomic E-state index is 1.10. The highest BCUT2D eigenvalue weighted by molar-refractivity contribution is 6.16. The molecule has 54 heavy (non-hydrogen) atoms. The maximum atomic E-state index is 2.41. The molecule has 0 saturated heterocycles. The van der Waals surface area contributed by atoms with Crippen LogP contribution in [-0.4, -0.2) is 4.57 Å². The summed E-state index contributed by atoms with van der Waals surface area (Å²) in [5.41, 5.74) is 14.1. The Morgan fingerprint density at radius 1 is 0.333 bits per heavy atom. The predicted octanol–water partition coefficient (Wildman–Crippen LogP) is 14.4. The number of hydrogen-bond donors (Lipinski definition) is 0. The summed E-state index contributed by atoms with van der Waals surface area (Å²) in [5, 5.41) is 4.92. The molecule has 0 saturated carbocycles. The summed E-state index contributed by atoms with van der Waals surface area (Å²) >= 11 is 0. The molecule has 1 aromatic heterocycles. The molecule has 10 rings (SSSR count). The van der Waals surface area contributed by atoms with E-state index in [0.717, 1.165) is 22.7 Å². The highest BCUT2D eigenvalue weighted by Gasteiger charge is 2.19. The lowest BCUT2D eigenvalue weighted by atomic mass is 9.94. The fourth-order valence-electron chi connectivity index (χ4n) is 8.15. The van der Waals surface area contributed by atoms with Crippen LogP contribution in [0.2, 0.25) is 0 Å². The molecule has 0 bridgehead atoms. The van der Waals surface area contributed by atoms with E-state index in [2.05, 4.69) is 228 Å². The number of hydrogen-bond acceptors (Lipinski definition) is 1. The van der Waals surface area contributed by atoms with E-state index in [1.807, 2.05) is 0 Å². The lowest BCUT2D eigenvalue weighted by Gasteiger charge is -2.27. The number of anilines is 3. The van der Waals surface area contributed by atoms with Crippen molar-refractivity contribution >= 4 is 49.6 Å². The number of aromatic nitrogens is 1. The van der Waals surface area contributed by atoms with Crippen molar-refractivity contribution < 1.29 is 0 Å². The van der Waals surface area contributed by atoms with Gasteiger partial charge in [0.25, 0.3) is 0 Å². The molecule has 0 aliphatic carbocycles. The lowest BCUT2D eigenvalue weighted by molar-refractivity contribution is 1.18. The third kappa shape index (κ3) is 5.44. The molecule has 0 radical (unpaired) electrons. The maximum absolute atomic E-state index is 2.41. The highest BCUT2D eigenvalue weighted by Crippen LogP contribution is 2.43.